The number of benzene rings is 2. The van der Waals surface area contributed by atoms with Crippen LogP contribution in [-0.2, 0) is 0 Å². The van der Waals surface area contributed by atoms with E-state index >= 15 is 0 Å². The number of rotatable bonds is 6. The Balaban J connectivity index is 1.69. The molecule has 0 fully saturated rings. The zero-order chi connectivity index (χ0) is 21.3. The molecule has 4 aromatic rings. The van der Waals surface area contributed by atoms with Crippen molar-refractivity contribution in [1.82, 2.24) is 9.38 Å². The highest BCUT2D eigenvalue weighted by Gasteiger charge is 2.12. The summed E-state index contributed by atoms with van der Waals surface area (Å²) in [5.41, 5.74) is 4.48. The van der Waals surface area contributed by atoms with Gasteiger partial charge in [0.25, 0.3) is 0 Å². The molecule has 0 aliphatic heterocycles. The van der Waals surface area contributed by atoms with E-state index in [2.05, 4.69) is 4.98 Å². The fourth-order valence-corrected chi connectivity index (χ4v) is 3.37. The Bertz CT molecular complexity index is 1160. The lowest BCUT2D eigenvalue weighted by atomic mass is 10.1. The van der Waals surface area contributed by atoms with Crippen LogP contribution in [0.15, 0.2) is 67.0 Å². The number of nitrogens with zero attached hydrogens (tertiary/aromatic N) is 2. The highest BCUT2D eigenvalue weighted by Crippen LogP contribution is 2.29. The molecule has 0 saturated carbocycles. The van der Waals surface area contributed by atoms with Crippen LogP contribution in [0.3, 0.4) is 0 Å². The lowest BCUT2D eigenvalue weighted by Crippen LogP contribution is -2.06. The third-order valence-corrected chi connectivity index (χ3v) is 4.66. The first kappa shape index (κ1) is 20.0. The minimum atomic E-state index is -0.381. The van der Waals surface area contributed by atoms with E-state index in [1.165, 1.54) is 6.07 Å². The maximum atomic E-state index is 14.5. The summed E-state index contributed by atoms with van der Waals surface area (Å²) < 4.78 is 27.7. The molecule has 0 atom stereocenters. The molecule has 0 saturated heterocycles. The molecule has 2 heterocycles. The van der Waals surface area contributed by atoms with Gasteiger partial charge >= 0.3 is 0 Å². The summed E-state index contributed by atoms with van der Waals surface area (Å²) in [6, 6.07) is 17.0. The average molecular weight is 404 g/mol. The number of halogens is 1. The fourth-order valence-electron chi connectivity index (χ4n) is 3.37. The van der Waals surface area contributed by atoms with E-state index in [-0.39, 0.29) is 23.8 Å². The average Bonchev–Trinajstić information content (AvgIpc) is 3.12. The lowest BCUT2D eigenvalue weighted by molar-refractivity contribution is 0.231. The molecule has 0 amide bonds. The Morgan fingerprint density at radius 2 is 1.47 bits per heavy atom. The van der Waals surface area contributed by atoms with Gasteiger partial charge in [-0.1, -0.05) is 12.1 Å². The molecule has 0 spiro atoms. The molecule has 30 heavy (non-hydrogen) atoms. The first-order chi connectivity index (χ1) is 14.4. The zero-order valence-corrected chi connectivity index (χ0v) is 17.6. The summed E-state index contributed by atoms with van der Waals surface area (Å²) in [4.78, 5) is 4.47. The van der Waals surface area contributed by atoms with Crippen LogP contribution < -0.4 is 9.47 Å². The summed E-state index contributed by atoms with van der Waals surface area (Å²) in [5.74, 6) is 0.720. The van der Waals surface area contributed by atoms with Crippen LogP contribution >= 0.6 is 0 Å². The van der Waals surface area contributed by atoms with Crippen molar-refractivity contribution in [2.45, 2.75) is 39.9 Å². The second-order valence-electron chi connectivity index (χ2n) is 7.79. The van der Waals surface area contributed by atoms with E-state index in [1.807, 2.05) is 80.8 Å². The lowest BCUT2D eigenvalue weighted by Gasteiger charge is -2.12. The third kappa shape index (κ3) is 4.15. The number of imidazole rings is 1. The van der Waals surface area contributed by atoms with E-state index in [0.717, 1.165) is 33.8 Å². The van der Waals surface area contributed by atoms with Crippen molar-refractivity contribution in [3.8, 4) is 33.9 Å². The van der Waals surface area contributed by atoms with Gasteiger partial charge in [0.15, 0.2) is 11.6 Å². The maximum absolute atomic E-state index is 14.5. The molecular weight excluding hydrogens is 379 g/mol. The highest BCUT2D eigenvalue weighted by molar-refractivity contribution is 5.70. The van der Waals surface area contributed by atoms with Crippen molar-refractivity contribution in [3.05, 3.63) is 72.8 Å². The predicted octanol–water partition coefficient (Wildman–Crippen LogP) is 6.38. The van der Waals surface area contributed by atoms with Gasteiger partial charge in [-0.15, -0.1) is 0 Å². The van der Waals surface area contributed by atoms with Crippen molar-refractivity contribution in [1.29, 1.82) is 0 Å². The van der Waals surface area contributed by atoms with Crippen LogP contribution in [0, 0.1) is 5.82 Å². The van der Waals surface area contributed by atoms with Crippen LogP contribution in [0.2, 0.25) is 0 Å². The summed E-state index contributed by atoms with van der Waals surface area (Å²) >= 11 is 0. The number of pyridine rings is 1. The molecule has 0 bridgehead atoms. The Morgan fingerprint density at radius 3 is 2.13 bits per heavy atom. The van der Waals surface area contributed by atoms with E-state index < -0.39 is 0 Å². The molecule has 0 unspecified atom stereocenters. The maximum Gasteiger partial charge on any atom is 0.165 e. The third-order valence-electron chi connectivity index (χ3n) is 4.66. The first-order valence-electron chi connectivity index (χ1n) is 10.1. The van der Waals surface area contributed by atoms with Gasteiger partial charge in [0.05, 0.1) is 24.1 Å². The van der Waals surface area contributed by atoms with E-state index in [9.17, 15) is 4.39 Å². The van der Waals surface area contributed by atoms with Gasteiger partial charge < -0.3 is 9.47 Å². The van der Waals surface area contributed by atoms with Gasteiger partial charge in [-0.05, 0) is 81.3 Å². The standard InChI is InChI=1S/C25H25FN2O2/c1-16(2)29-21-9-5-18(6-10-21)20-8-12-25-27-14-23(28(25)15-20)19-7-11-24(22(26)13-19)30-17(3)4/h5-17H,1-4H3. The predicted molar refractivity (Wildman–Crippen MR) is 118 cm³/mol. The molecule has 154 valence electrons. The smallest absolute Gasteiger partial charge is 0.165 e. The molecule has 4 nitrogen and oxygen atoms in total. The van der Waals surface area contributed by atoms with Crippen LogP contribution in [-0.4, -0.2) is 21.6 Å². The number of hydrogen-bond donors (Lipinski definition) is 0. The van der Waals surface area contributed by atoms with Crippen LogP contribution in [0.4, 0.5) is 4.39 Å². The Morgan fingerprint density at radius 1 is 0.800 bits per heavy atom. The van der Waals surface area contributed by atoms with Crippen molar-refractivity contribution in [3.63, 3.8) is 0 Å². The highest BCUT2D eigenvalue weighted by atomic mass is 19.1. The van der Waals surface area contributed by atoms with E-state index in [1.54, 1.807) is 12.3 Å². The SMILES string of the molecule is CC(C)Oc1ccc(-c2ccc3ncc(-c4ccc(OC(C)C)c(F)c4)n3c2)cc1. The van der Waals surface area contributed by atoms with Crippen LogP contribution in [0.1, 0.15) is 27.7 Å². The quantitative estimate of drug-likeness (QED) is 0.374. The summed E-state index contributed by atoms with van der Waals surface area (Å²) in [6.45, 7) is 7.77. The number of ether oxygens (including phenoxy) is 2. The summed E-state index contributed by atoms with van der Waals surface area (Å²) in [6.07, 6.45) is 3.84. The second kappa shape index (κ2) is 8.19. The second-order valence-corrected chi connectivity index (χ2v) is 7.79. The van der Waals surface area contributed by atoms with Crippen molar-refractivity contribution in [2.75, 3.05) is 0 Å². The van der Waals surface area contributed by atoms with Gasteiger partial charge in [0, 0.05) is 11.8 Å². The first-order valence-corrected chi connectivity index (χ1v) is 10.1. The van der Waals surface area contributed by atoms with Crippen LogP contribution in [0.5, 0.6) is 11.5 Å². The molecule has 0 aliphatic rings. The van der Waals surface area contributed by atoms with Crippen LogP contribution in [0.25, 0.3) is 28.0 Å². The minimum Gasteiger partial charge on any atom is -0.491 e. The Labute approximate surface area is 175 Å². The van der Waals surface area contributed by atoms with Crippen molar-refractivity contribution < 1.29 is 13.9 Å². The van der Waals surface area contributed by atoms with Gasteiger partial charge in [-0.25, -0.2) is 9.37 Å². The molecule has 0 aliphatic carbocycles. The summed E-state index contributed by atoms with van der Waals surface area (Å²) in [7, 11) is 0. The zero-order valence-electron chi connectivity index (χ0n) is 17.6. The molecule has 2 aromatic carbocycles. The topological polar surface area (TPSA) is 35.8 Å². The molecular formula is C25H25FN2O2. The monoisotopic (exact) mass is 404 g/mol. The number of hydrogen-bond acceptors (Lipinski definition) is 3. The molecule has 4 rings (SSSR count). The molecule has 0 radical (unpaired) electrons. The van der Waals surface area contributed by atoms with Gasteiger partial charge in [0.1, 0.15) is 11.4 Å². The van der Waals surface area contributed by atoms with E-state index in [4.69, 9.17) is 9.47 Å². The molecule has 2 aromatic heterocycles. The Kier molecular flexibility index (Phi) is 5.44. The number of aromatic nitrogens is 2. The van der Waals surface area contributed by atoms with Crippen molar-refractivity contribution in [2.24, 2.45) is 0 Å². The fraction of sp³-hybridized carbons (Fsp3) is 0.240. The largest absolute Gasteiger partial charge is 0.491 e. The van der Waals surface area contributed by atoms with Gasteiger partial charge in [0.2, 0.25) is 0 Å². The molecule has 0 N–H and O–H groups in total. The molecule has 5 heteroatoms. The van der Waals surface area contributed by atoms with Gasteiger partial charge in [-0.3, -0.25) is 4.40 Å². The summed E-state index contributed by atoms with van der Waals surface area (Å²) in [5, 5.41) is 0. The van der Waals surface area contributed by atoms with E-state index in [0.29, 0.717) is 0 Å². The van der Waals surface area contributed by atoms with Gasteiger partial charge in [-0.2, -0.15) is 0 Å². The minimum absolute atomic E-state index is 0.0824. The van der Waals surface area contributed by atoms with Crippen molar-refractivity contribution >= 4 is 5.65 Å². The number of fused-ring (bicyclic) bond motifs is 1. The normalized spacial score (nSPS) is 11.4. The Hall–Kier alpha value is -3.34.